The zero-order valence-electron chi connectivity index (χ0n) is 12.9. The van der Waals surface area contributed by atoms with E-state index < -0.39 is 43.7 Å². The van der Waals surface area contributed by atoms with Crippen molar-refractivity contribution in [3.63, 3.8) is 0 Å². The molecule has 0 radical (unpaired) electrons. The van der Waals surface area contributed by atoms with Gasteiger partial charge in [-0.05, 0) is 6.26 Å². The van der Waals surface area contributed by atoms with E-state index in [0.29, 0.717) is 0 Å². The van der Waals surface area contributed by atoms with Gasteiger partial charge in [0.1, 0.15) is 16.0 Å². The van der Waals surface area contributed by atoms with Crippen LogP contribution in [0.3, 0.4) is 0 Å². The molecule has 2 aromatic rings. The molecule has 144 valence electrons. The summed E-state index contributed by atoms with van der Waals surface area (Å²) >= 11 is 12.4. The highest BCUT2D eigenvalue weighted by Crippen LogP contribution is 2.48. The number of hydrogen-bond donors (Lipinski definition) is 1. The molecule has 0 atom stereocenters. The van der Waals surface area contributed by atoms with Crippen molar-refractivity contribution in [1.82, 2.24) is 9.97 Å². The fourth-order valence-corrected chi connectivity index (χ4v) is 2.89. The van der Waals surface area contributed by atoms with Crippen molar-refractivity contribution >= 4 is 57.8 Å². The molecule has 1 heterocycles. The largest absolute Gasteiger partial charge is 0.418 e. The molecule has 0 saturated carbocycles. The molecule has 0 bridgehead atoms. The van der Waals surface area contributed by atoms with Crippen LogP contribution in [0.25, 0.3) is 0 Å². The number of halogens is 5. The number of nitrogens with one attached hydrogen (secondary N) is 1. The first kappa shape index (κ1) is 20.9. The minimum absolute atomic E-state index is 0.0971. The van der Waals surface area contributed by atoms with Crippen molar-refractivity contribution in [2.24, 2.45) is 0 Å². The van der Waals surface area contributed by atoms with Crippen LogP contribution in [0.5, 0.6) is 0 Å². The van der Waals surface area contributed by atoms with Gasteiger partial charge in [0.05, 0.1) is 15.4 Å². The number of nitro benzene ring substituents is 2. The molecule has 0 amide bonds. The smallest absolute Gasteiger partial charge is 0.329 e. The fraction of sp³-hybridized carbons (Fsp3) is 0.167. The van der Waals surface area contributed by atoms with Gasteiger partial charge in [0.25, 0.3) is 0 Å². The predicted octanol–water partition coefficient (Wildman–Crippen LogP) is 5.08. The van der Waals surface area contributed by atoms with Gasteiger partial charge in [-0.15, -0.1) is 0 Å². The van der Waals surface area contributed by atoms with E-state index in [1.807, 2.05) is 0 Å². The van der Waals surface area contributed by atoms with Crippen molar-refractivity contribution < 1.29 is 23.0 Å². The second kappa shape index (κ2) is 7.70. The van der Waals surface area contributed by atoms with E-state index in [4.69, 9.17) is 23.2 Å². The van der Waals surface area contributed by atoms with Crippen molar-refractivity contribution in [3.05, 3.63) is 48.1 Å². The molecule has 0 aliphatic carbocycles. The van der Waals surface area contributed by atoms with Gasteiger partial charge in [0.15, 0.2) is 10.8 Å². The van der Waals surface area contributed by atoms with Crippen LogP contribution in [0.15, 0.2) is 17.3 Å². The molecule has 9 nitrogen and oxygen atoms in total. The van der Waals surface area contributed by atoms with E-state index >= 15 is 0 Å². The molecule has 15 heteroatoms. The molecule has 0 aliphatic heterocycles. The van der Waals surface area contributed by atoms with E-state index in [9.17, 15) is 33.4 Å². The van der Waals surface area contributed by atoms with E-state index in [-0.39, 0.29) is 22.2 Å². The van der Waals surface area contributed by atoms with Crippen LogP contribution in [-0.4, -0.2) is 26.1 Å². The van der Waals surface area contributed by atoms with Crippen molar-refractivity contribution in [2.75, 3.05) is 11.6 Å². The Morgan fingerprint density at radius 3 is 2.26 bits per heavy atom. The molecular formula is C12H6Cl2F3N5O4S. The summed E-state index contributed by atoms with van der Waals surface area (Å²) in [6.45, 7) is 0. The van der Waals surface area contributed by atoms with E-state index in [1.165, 1.54) is 0 Å². The highest BCUT2D eigenvalue weighted by molar-refractivity contribution is 7.98. The number of hydrogen-bond acceptors (Lipinski definition) is 8. The summed E-state index contributed by atoms with van der Waals surface area (Å²) in [5.41, 5.74) is -5.11. The molecule has 1 aromatic carbocycles. The van der Waals surface area contributed by atoms with Gasteiger partial charge >= 0.3 is 17.6 Å². The third kappa shape index (κ3) is 4.48. The third-order valence-electron chi connectivity index (χ3n) is 3.01. The second-order valence-electron chi connectivity index (χ2n) is 4.68. The van der Waals surface area contributed by atoms with Crippen LogP contribution < -0.4 is 5.32 Å². The number of anilines is 2. The average Bonchev–Trinajstić information content (AvgIpc) is 2.52. The topological polar surface area (TPSA) is 124 Å². The predicted molar refractivity (Wildman–Crippen MR) is 91.9 cm³/mol. The van der Waals surface area contributed by atoms with Gasteiger partial charge in [-0.3, -0.25) is 20.2 Å². The molecule has 0 unspecified atom stereocenters. The maximum Gasteiger partial charge on any atom is 0.418 e. The van der Waals surface area contributed by atoms with Gasteiger partial charge in [-0.25, -0.2) is 9.97 Å². The Kier molecular flexibility index (Phi) is 5.97. The van der Waals surface area contributed by atoms with E-state index in [1.54, 1.807) is 6.26 Å². The highest BCUT2D eigenvalue weighted by atomic mass is 35.5. The Morgan fingerprint density at radius 2 is 1.78 bits per heavy atom. The lowest BCUT2D eigenvalue weighted by Gasteiger charge is -2.13. The van der Waals surface area contributed by atoms with Crippen molar-refractivity contribution in [1.29, 1.82) is 0 Å². The zero-order chi connectivity index (χ0) is 20.5. The number of alkyl halides is 3. The minimum atomic E-state index is -5.14. The molecule has 1 N–H and O–H groups in total. The Labute approximate surface area is 162 Å². The van der Waals surface area contributed by atoms with Crippen LogP contribution in [0.4, 0.5) is 36.1 Å². The van der Waals surface area contributed by atoms with Crippen LogP contribution >= 0.6 is 35.0 Å². The standard InChI is InChI=1S/C12H6Cl2F3N5O4S/c1-27-11-18-6(13)3-7(20-11)19-9-5(21(23)24)2-4(12(15,16)17)8(14)10(9)22(25)26/h2-3H,1H3,(H,18,19,20). The Hall–Kier alpha value is -2.38. The molecule has 27 heavy (non-hydrogen) atoms. The third-order valence-corrected chi connectivity index (χ3v) is 4.14. The lowest BCUT2D eigenvalue weighted by Crippen LogP contribution is -2.11. The van der Waals surface area contributed by atoms with E-state index in [2.05, 4.69) is 15.3 Å². The monoisotopic (exact) mass is 443 g/mol. The van der Waals surface area contributed by atoms with Crippen LogP contribution in [-0.2, 0) is 6.18 Å². The first-order chi connectivity index (χ1) is 12.5. The van der Waals surface area contributed by atoms with Crippen LogP contribution in [0.2, 0.25) is 10.2 Å². The quantitative estimate of drug-likeness (QED) is 0.223. The number of nitrogens with zero attached hydrogens (tertiary/aromatic N) is 4. The first-order valence-corrected chi connectivity index (χ1v) is 8.51. The number of benzene rings is 1. The first-order valence-electron chi connectivity index (χ1n) is 6.53. The summed E-state index contributed by atoms with van der Waals surface area (Å²) in [5.74, 6) is -0.207. The molecule has 0 aliphatic rings. The summed E-state index contributed by atoms with van der Waals surface area (Å²) in [5, 5.41) is 23.5. The normalized spacial score (nSPS) is 11.3. The van der Waals surface area contributed by atoms with Gasteiger partial charge < -0.3 is 5.32 Å². The lowest BCUT2D eigenvalue weighted by atomic mass is 10.1. The summed E-state index contributed by atoms with van der Waals surface area (Å²) in [6, 6.07) is 1.19. The van der Waals surface area contributed by atoms with Crippen LogP contribution in [0.1, 0.15) is 5.56 Å². The fourth-order valence-electron chi connectivity index (χ4n) is 1.96. The van der Waals surface area contributed by atoms with Crippen molar-refractivity contribution in [2.45, 2.75) is 11.3 Å². The summed E-state index contributed by atoms with van der Waals surface area (Å²) in [6.07, 6.45) is -3.55. The molecule has 1 aromatic heterocycles. The Morgan fingerprint density at radius 1 is 1.15 bits per heavy atom. The Bertz CT molecular complexity index is 944. The van der Waals surface area contributed by atoms with Gasteiger partial charge in [0.2, 0.25) is 0 Å². The maximum atomic E-state index is 13.1. The molecule has 0 spiro atoms. The zero-order valence-corrected chi connectivity index (χ0v) is 15.2. The van der Waals surface area contributed by atoms with Gasteiger partial charge in [-0.2, -0.15) is 13.2 Å². The summed E-state index contributed by atoms with van der Waals surface area (Å²) < 4.78 is 39.2. The Balaban J connectivity index is 2.78. The molecular weight excluding hydrogens is 438 g/mol. The summed E-state index contributed by atoms with van der Waals surface area (Å²) in [7, 11) is 0. The van der Waals surface area contributed by atoms with Crippen molar-refractivity contribution in [3.8, 4) is 0 Å². The summed E-state index contributed by atoms with van der Waals surface area (Å²) in [4.78, 5) is 27.8. The molecule has 2 rings (SSSR count). The molecule has 0 saturated heterocycles. The van der Waals surface area contributed by atoms with Crippen LogP contribution in [0, 0.1) is 20.2 Å². The lowest BCUT2D eigenvalue weighted by molar-refractivity contribution is -0.392. The van der Waals surface area contributed by atoms with Gasteiger partial charge in [0, 0.05) is 12.1 Å². The SMILES string of the molecule is CSc1nc(Cl)cc(Nc2c([N+](=O)[O-])cc(C(F)(F)F)c(Cl)c2[N+](=O)[O-])n1. The molecule has 0 fully saturated rings. The van der Waals surface area contributed by atoms with Gasteiger partial charge in [-0.1, -0.05) is 35.0 Å². The maximum absolute atomic E-state index is 13.1. The number of thioether (sulfide) groups is 1. The number of rotatable bonds is 5. The average molecular weight is 444 g/mol. The minimum Gasteiger partial charge on any atom is -0.329 e. The second-order valence-corrected chi connectivity index (χ2v) is 6.22. The number of nitro groups is 2. The highest BCUT2D eigenvalue weighted by Gasteiger charge is 2.42. The number of aromatic nitrogens is 2. The van der Waals surface area contributed by atoms with E-state index in [0.717, 1.165) is 17.8 Å².